The van der Waals surface area contributed by atoms with Crippen molar-refractivity contribution in [2.75, 3.05) is 37.7 Å². The van der Waals surface area contributed by atoms with Crippen LogP contribution in [0.25, 0.3) is 0 Å². The minimum atomic E-state index is 0.0337. The summed E-state index contributed by atoms with van der Waals surface area (Å²) < 4.78 is 5.30. The Morgan fingerprint density at radius 1 is 1.18 bits per heavy atom. The van der Waals surface area contributed by atoms with E-state index in [1.807, 2.05) is 21.9 Å². The van der Waals surface area contributed by atoms with Crippen molar-refractivity contribution in [3.8, 4) is 0 Å². The highest BCUT2D eigenvalue weighted by Gasteiger charge is 2.52. The quantitative estimate of drug-likeness (QED) is 0.791. The molecule has 1 saturated carbocycles. The summed E-state index contributed by atoms with van der Waals surface area (Å²) in [7, 11) is 0. The fourth-order valence-corrected chi connectivity index (χ4v) is 3.62. The Kier molecular flexibility index (Phi) is 3.01. The summed E-state index contributed by atoms with van der Waals surface area (Å²) in [6, 6.07) is 5.88. The van der Waals surface area contributed by atoms with Crippen LogP contribution in [0.15, 0.2) is 18.2 Å². The van der Waals surface area contributed by atoms with Crippen molar-refractivity contribution >= 4 is 17.5 Å². The average Bonchev–Trinajstić information content (AvgIpc) is 3.24. The molecule has 5 nitrogen and oxygen atoms in total. The summed E-state index contributed by atoms with van der Waals surface area (Å²) >= 11 is 0. The van der Waals surface area contributed by atoms with E-state index in [1.54, 1.807) is 6.92 Å². The van der Waals surface area contributed by atoms with Gasteiger partial charge >= 0.3 is 0 Å². The third-order valence-electron chi connectivity index (χ3n) is 5.10. The average molecular weight is 300 g/mol. The fraction of sp³-hybridized carbons (Fsp3) is 0.529. The molecule has 1 saturated heterocycles. The van der Waals surface area contributed by atoms with Gasteiger partial charge in [0.25, 0.3) is 5.91 Å². The van der Waals surface area contributed by atoms with Crippen LogP contribution in [0.4, 0.5) is 5.69 Å². The summed E-state index contributed by atoms with van der Waals surface area (Å²) in [4.78, 5) is 28.2. The zero-order valence-corrected chi connectivity index (χ0v) is 12.8. The number of hydrogen-bond acceptors (Lipinski definition) is 3. The highest BCUT2D eigenvalue weighted by atomic mass is 16.5. The van der Waals surface area contributed by atoms with E-state index in [1.165, 1.54) is 5.56 Å². The SMILES string of the molecule is CC(=O)N1CC2(CC2)c2ccc(C(=O)N3CCOCC3)cc21. The lowest BCUT2D eigenvalue weighted by atomic mass is 9.97. The van der Waals surface area contributed by atoms with Gasteiger partial charge in [-0.05, 0) is 30.5 Å². The lowest BCUT2D eigenvalue weighted by Gasteiger charge is -2.27. The molecule has 0 atom stereocenters. The number of anilines is 1. The van der Waals surface area contributed by atoms with Gasteiger partial charge in [-0.25, -0.2) is 0 Å². The van der Waals surface area contributed by atoms with Gasteiger partial charge in [0, 0.05) is 43.2 Å². The van der Waals surface area contributed by atoms with Crippen LogP contribution < -0.4 is 4.90 Å². The van der Waals surface area contributed by atoms with E-state index in [4.69, 9.17) is 4.74 Å². The Hall–Kier alpha value is -1.88. The van der Waals surface area contributed by atoms with E-state index in [-0.39, 0.29) is 17.2 Å². The van der Waals surface area contributed by atoms with Crippen LogP contribution >= 0.6 is 0 Å². The van der Waals surface area contributed by atoms with Crippen LogP contribution in [-0.2, 0) is 14.9 Å². The van der Waals surface area contributed by atoms with E-state index in [2.05, 4.69) is 6.07 Å². The Morgan fingerprint density at radius 3 is 2.55 bits per heavy atom. The number of hydrogen-bond donors (Lipinski definition) is 0. The maximum absolute atomic E-state index is 12.6. The van der Waals surface area contributed by atoms with Crippen molar-refractivity contribution < 1.29 is 14.3 Å². The zero-order chi connectivity index (χ0) is 15.3. The molecule has 1 spiro atoms. The Bertz CT molecular complexity index is 645. The van der Waals surface area contributed by atoms with Crippen molar-refractivity contribution in [3.63, 3.8) is 0 Å². The van der Waals surface area contributed by atoms with Crippen molar-refractivity contribution in [2.24, 2.45) is 0 Å². The van der Waals surface area contributed by atoms with Crippen LogP contribution in [0, 0.1) is 0 Å². The van der Waals surface area contributed by atoms with E-state index in [0.717, 1.165) is 25.1 Å². The summed E-state index contributed by atoms with van der Waals surface area (Å²) in [5.41, 5.74) is 3.01. The van der Waals surface area contributed by atoms with Crippen LogP contribution in [-0.4, -0.2) is 49.6 Å². The number of ether oxygens (including phenoxy) is 1. The first-order valence-corrected chi connectivity index (χ1v) is 7.90. The van der Waals surface area contributed by atoms with Gasteiger partial charge in [0.2, 0.25) is 5.91 Å². The van der Waals surface area contributed by atoms with E-state index >= 15 is 0 Å². The van der Waals surface area contributed by atoms with Crippen molar-refractivity contribution in [1.82, 2.24) is 4.90 Å². The molecule has 1 aliphatic carbocycles. The molecule has 0 bridgehead atoms. The van der Waals surface area contributed by atoms with E-state index < -0.39 is 0 Å². The monoisotopic (exact) mass is 300 g/mol. The molecular formula is C17H20N2O3. The number of fused-ring (bicyclic) bond motifs is 2. The normalized spacial score (nSPS) is 21.9. The molecule has 0 unspecified atom stereocenters. The van der Waals surface area contributed by atoms with Crippen molar-refractivity contribution in [3.05, 3.63) is 29.3 Å². The molecule has 2 aliphatic heterocycles. The highest BCUT2D eigenvalue weighted by Crippen LogP contribution is 2.56. The summed E-state index contributed by atoms with van der Waals surface area (Å²) in [5.74, 6) is 0.0901. The largest absolute Gasteiger partial charge is 0.378 e. The number of amides is 2. The maximum Gasteiger partial charge on any atom is 0.254 e. The number of carbonyl (C=O) groups is 2. The van der Waals surface area contributed by atoms with Crippen LogP contribution in [0.2, 0.25) is 0 Å². The number of rotatable bonds is 1. The minimum absolute atomic E-state index is 0.0337. The lowest BCUT2D eigenvalue weighted by Crippen LogP contribution is -2.40. The van der Waals surface area contributed by atoms with Gasteiger partial charge in [0.05, 0.1) is 13.2 Å². The molecule has 3 aliphatic rings. The molecule has 2 fully saturated rings. The standard InChI is InChI=1S/C17H20N2O3/c1-12(20)19-11-17(4-5-17)14-3-2-13(10-15(14)19)16(21)18-6-8-22-9-7-18/h2-3,10H,4-9,11H2,1H3. The predicted octanol–water partition coefficient (Wildman–Crippen LogP) is 1.56. The molecule has 2 heterocycles. The molecule has 1 aromatic carbocycles. The molecular weight excluding hydrogens is 280 g/mol. The first-order chi connectivity index (χ1) is 10.6. The fourth-order valence-electron chi connectivity index (χ4n) is 3.62. The van der Waals surface area contributed by atoms with Gasteiger partial charge < -0.3 is 14.5 Å². The number of carbonyl (C=O) groups excluding carboxylic acids is 2. The van der Waals surface area contributed by atoms with Gasteiger partial charge in [-0.1, -0.05) is 6.07 Å². The first-order valence-electron chi connectivity index (χ1n) is 7.90. The van der Waals surface area contributed by atoms with Crippen molar-refractivity contribution in [1.29, 1.82) is 0 Å². The molecule has 5 heteroatoms. The molecule has 1 aromatic rings. The summed E-state index contributed by atoms with van der Waals surface area (Å²) in [5, 5.41) is 0. The molecule has 116 valence electrons. The Balaban J connectivity index is 1.67. The maximum atomic E-state index is 12.6. The Labute approximate surface area is 129 Å². The molecule has 4 rings (SSSR count). The second-order valence-electron chi connectivity index (χ2n) is 6.52. The van der Waals surface area contributed by atoms with Crippen LogP contribution in [0.3, 0.4) is 0 Å². The van der Waals surface area contributed by atoms with E-state index in [9.17, 15) is 9.59 Å². The Morgan fingerprint density at radius 2 is 1.91 bits per heavy atom. The van der Waals surface area contributed by atoms with Crippen LogP contribution in [0.5, 0.6) is 0 Å². The number of benzene rings is 1. The van der Waals surface area contributed by atoms with Crippen molar-refractivity contribution in [2.45, 2.75) is 25.2 Å². The number of nitrogens with zero attached hydrogens (tertiary/aromatic N) is 2. The zero-order valence-electron chi connectivity index (χ0n) is 12.8. The topological polar surface area (TPSA) is 49.9 Å². The van der Waals surface area contributed by atoms with Gasteiger partial charge in [0.1, 0.15) is 0 Å². The second-order valence-corrected chi connectivity index (χ2v) is 6.52. The third kappa shape index (κ3) is 2.03. The molecule has 22 heavy (non-hydrogen) atoms. The summed E-state index contributed by atoms with van der Waals surface area (Å²) in [6.07, 6.45) is 2.28. The smallest absolute Gasteiger partial charge is 0.254 e. The van der Waals surface area contributed by atoms with Gasteiger partial charge in [0.15, 0.2) is 0 Å². The van der Waals surface area contributed by atoms with E-state index in [0.29, 0.717) is 31.9 Å². The molecule has 2 amide bonds. The van der Waals surface area contributed by atoms with Gasteiger partial charge in [-0.3, -0.25) is 9.59 Å². The summed E-state index contributed by atoms with van der Waals surface area (Å²) in [6.45, 7) is 4.83. The third-order valence-corrected chi connectivity index (χ3v) is 5.10. The minimum Gasteiger partial charge on any atom is -0.378 e. The predicted molar refractivity (Wildman–Crippen MR) is 82.1 cm³/mol. The molecule has 0 aromatic heterocycles. The lowest BCUT2D eigenvalue weighted by molar-refractivity contribution is -0.116. The van der Waals surface area contributed by atoms with Gasteiger partial charge in [-0.15, -0.1) is 0 Å². The van der Waals surface area contributed by atoms with Crippen LogP contribution in [0.1, 0.15) is 35.7 Å². The highest BCUT2D eigenvalue weighted by molar-refractivity contribution is 6.00. The first kappa shape index (κ1) is 13.8. The van der Waals surface area contributed by atoms with Gasteiger partial charge in [-0.2, -0.15) is 0 Å². The second kappa shape index (κ2) is 4.81. The molecule has 0 N–H and O–H groups in total. The molecule has 0 radical (unpaired) electrons. The number of morpholine rings is 1.